The number of allylic oxidation sites excluding steroid dienone is 3. The second kappa shape index (κ2) is 7.14. The molecule has 1 saturated carbocycles. The molecule has 5 heteroatoms. The summed E-state index contributed by atoms with van der Waals surface area (Å²) in [5.74, 6) is 0.570. The third-order valence-electron chi connectivity index (χ3n) is 5.80. The first-order valence-electron chi connectivity index (χ1n) is 9.21. The summed E-state index contributed by atoms with van der Waals surface area (Å²) < 4.78 is 5.17. The molecule has 0 saturated heterocycles. The van der Waals surface area contributed by atoms with Gasteiger partial charge in [0, 0.05) is 28.8 Å². The van der Waals surface area contributed by atoms with Crippen LogP contribution in [0.25, 0.3) is 0 Å². The fourth-order valence-corrected chi connectivity index (χ4v) is 3.61. The van der Waals surface area contributed by atoms with Gasteiger partial charge in [-0.1, -0.05) is 12.1 Å². The first-order chi connectivity index (χ1) is 12.8. The van der Waals surface area contributed by atoms with Crippen LogP contribution >= 0.6 is 0 Å². The van der Waals surface area contributed by atoms with Crippen molar-refractivity contribution in [3.05, 3.63) is 52.1 Å². The van der Waals surface area contributed by atoms with Gasteiger partial charge in [-0.15, -0.1) is 0 Å². The standard InChI is InChI=1S/C22H25NO4/c1-13-14(2)20(25)18(15(3)19(13)24)9-12-23-21(26)22(10-11-22)16-5-7-17(27-4)8-6-16/h5-8H,9-12H2,1-4H3,(H,23,26). The topological polar surface area (TPSA) is 72.5 Å². The third-order valence-corrected chi connectivity index (χ3v) is 5.80. The van der Waals surface area contributed by atoms with E-state index in [-0.39, 0.29) is 17.5 Å². The number of nitrogens with one attached hydrogen (secondary N) is 1. The first kappa shape index (κ1) is 19.1. The summed E-state index contributed by atoms with van der Waals surface area (Å²) in [7, 11) is 1.61. The summed E-state index contributed by atoms with van der Waals surface area (Å²) in [4.78, 5) is 37.4. The van der Waals surface area contributed by atoms with Crippen LogP contribution in [0.5, 0.6) is 5.75 Å². The minimum Gasteiger partial charge on any atom is -0.497 e. The Labute approximate surface area is 159 Å². The fourth-order valence-electron chi connectivity index (χ4n) is 3.61. The van der Waals surface area contributed by atoms with Gasteiger partial charge in [0.15, 0.2) is 11.6 Å². The molecule has 1 fully saturated rings. The molecule has 3 rings (SSSR count). The van der Waals surface area contributed by atoms with E-state index in [2.05, 4.69) is 5.32 Å². The maximum atomic E-state index is 12.7. The molecule has 0 radical (unpaired) electrons. The molecule has 0 unspecified atom stereocenters. The maximum Gasteiger partial charge on any atom is 0.230 e. The van der Waals surface area contributed by atoms with Gasteiger partial charge in [0.25, 0.3) is 0 Å². The highest BCUT2D eigenvalue weighted by molar-refractivity contribution is 6.24. The Balaban J connectivity index is 1.64. The number of hydrogen-bond donors (Lipinski definition) is 1. The zero-order chi connectivity index (χ0) is 19.8. The highest BCUT2D eigenvalue weighted by atomic mass is 16.5. The van der Waals surface area contributed by atoms with E-state index in [0.717, 1.165) is 24.2 Å². The second-order valence-corrected chi connectivity index (χ2v) is 7.33. The minimum absolute atomic E-state index is 0.0241. The maximum absolute atomic E-state index is 12.7. The van der Waals surface area contributed by atoms with E-state index in [1.165, 1.54) is 0 Å². The van der Waals surface area contributed by atoms with Crippen molar-refractivity contribution in [3.63, 3.8) is 0 Å². The SMILES string of the molecule is COc1ccc(C2(C(=O)NCCC3=C(C)C(=O)C(C)=C(C)C3=O)CC2)cc1. The third kappa shape index (κ3) is 3.34. The molecule has 0 heterocycles. The Morgan fingerprint density at radius 2 is 1.59 bits per heavy atom. The Bertz CT molecular complexity index is 870. The van der Waals surface area contributed by atoms with Crippen LogP contribution in [-0.2, 0) is 19.8 Å². The normalized spacial score (nSPS) is 18.7. The van der Waals surface area contributed by atoms with Crippen molar-refractivity contribution < 1.29 is 19.1 Å². The van der Waals surface area contributed by atoms with Gasteiger partial charge in [-0.2, -0.15) is 0 Å². The highest BCUT2D eigenvalue weighted by Crippen LogP contribution is 2.48. The molecule has 0 aromatic heterocycles. The molecular formula is C22H25NO4. The minimum atomic E-state index is -0.478. The fraction of sp³-hybridized carbons (Fsp3) is 0.409. The predicted octanol–water partition coefficient (Wildman–Crippen LogP) is 3.04. The lowest BCUT2D eigenvalue weighted by Gasteiger charge is -2.20. The van der Waals surface area contributed by atoms with Gasteiger partial charge < -0.3 is 10.1 Å². The smallest absolute Gasteiger partial charge is 0.230 e. The van der Waals surface area contributed by atoms with Crippen molar-refractivity contribution in [2.24, 2.45) is 0 Å². The zero-order valence-electron chi connectivity index (χ0n) is 16.3. The number of carbonyl (C=O) groups excluding carboxylic acids is 3. The predicted molar refractivity (Wildman–Crippen MR) is 103 cm³/mol. The van der Waals surface area contributed by atoms with Crippen LogP contribution in [0, 0.1) is 0 Å². The molecule has 2 aliphatic carbocycles. The van der Waals surface area contributed by atoms with Gasteiger partial charge >= 0.3 is 0 Å². The number of carbonyl (C=O) groups is 3. The zero-order valence-corrected chi connectivity index (χ0v) is 16.3. The largest absolute Gasteiger partial charge is 0.497 e. The number of rotatable bonds is 6. The molecule has 0 spiro atoms. The lowest BCUT2D eigenvalue weighted by Crippen LogP contribution is -2.36. The molecule has 0 bridgehead atoms. The molecule has 27 heavy (non-hydrogen) atoms. The van der Waals surface area contributed by atoms with Crippen molar-refractivity contribution >= 4 is 17.5 Å². The summed E-state index contributed by atoms with van der Waals surface area (Å²) in [5, 5.41) is 2.96. The molecular weight excluding hydrogens is 342 g/mol. The molecule has 142 valence electrons. The lowest BCUT2D eigenvalue weighted by molar-refractivity contribution is -0.123. The van der Waals surface area contributed by atoms with E-state index >= 15 is 0 Å². The molecule has 1 aromatic rings. The second-order valence-electron chi connectivity index (χ2n) is 7.33. The Morgan fingerprint density at radius 3 is 2.15 bits per heavy atom. The molecule has 1 N–H and O–H groups in total. The van der Waals surface area contributed by atoms with Crippen LogP contribution in [0.1, 0.15) is 45.6 Å². The molecule has 1 amide bonds. The Kier molecular flexibility index (Phi) is 5.05. The van der Waals surface area contributed by atoms with Crippen LogP contribution in [0.3, 0.4) is 0 Å². The lowest BCUT2D eigenvalue weighted by atomic mass is 9.84. The van der Waals surface area contributed by atoms with E-state index in [0.29, 0.717) is 35.3 Å². The molecule has 0 atom stereocenters. The summed E-state index contributed by atoms with van der Waals surface area (Å²) in [6.45, 7) is 5.40. The Hall–Kier alpha value is -2.69. The highest BCUT2D eigenvalue weighted by Gasteiger charge is 2.51. The van der Waals surface area contributed by atoms with Gasteiger partial charge in [-0.25, -0.2) is 0 Å². The molecule has 2 aliphatic rings. The van der Waals surface area contributed by atoms with Crippen molar-refractivity contribution in [3.8, 4) is 5.75 Å². The number of hydrogen-bond acceptors (Lipinski definition) is 4. The molecule has 0 aliphatic heterocycles. The van der Waals surface area contributed by atoms with Gasteiger partial charge in [0.05, 0.1) is 12.5 Å². The van der Waals surface area contributed by atoms with Crippen molar-refractivity contribution in [2.75, 3.05) is 13.7 Å². The molecule has 1 aromatic carbocycles. The van der Waals surface area contributed by atoms with Gasteiger partial charge in [-0.05, 0) is 57.7 Å². The Morgan fingerprint density at radius 1 is 1.00 bits per heavy atom. The van der Waals surface area contributed by atoms with Gasteiger partial charge in [0.2, 0.25) is 5.91 Å². The number of Topliss-reactive ketones (excluding diaryl/α,β-unsaturated/α-hetero) is 2. The number of benzene rings is 1. The summed E-state index contributed by atoms with van der Waals surface area (Å²) >= 11 is 0. The van der Waals surface area contributed by atoms with Crippen molar-refractivity contribution in [1.82, 2.24) is 5.32 Å². The van der Waals surface area contributed by atoms with Crippen LogP contribution in [0.15, 0.2) is 46.6 Å². The van der Waals surface area contributed by atoms with Crippen LogP contribution in [0.4, 0.5) is 0 Å². The van der Waals surface area contributed by atoms with Crippen LogP contribution < -0.4 is 10.1 Å². The number of methoxy groups -OCH3 is 1. The number of ether oxygens (including phenoxy) is 1. The summed E-state index contributed by atoms with van der Waals surface area (Å²) in [5.41, 5.74) is 2.53. The van der Waals surface area contributed by atoms with Gasteiger partial charge in [0.1, 0.15) is 5.75 Å². The summed E-state index contributed by atoms with van der Waals surface area (Å²) in [6.07, 6.45) is 1.99. The van der Waals surface area contributed by atoms with E-state index < -0.39 is 5.41 Å². The van der Waals surface area contributed by atoms with E-state index in [4.69, 9.17) is 4.74 Å². The monoisotopic (exact) mass is 367 g/mol. The average molecular weight is 367 g/mol. The number of amides is 1. The van der Waals surface area contributed by atoms with E-state index in [9.17, 15) is 14.4 Å². The van der Waals surface area contributed by atoms with Crippen LogP contribution in [0.2, 0.25) is 0 Å². The van der Waals surface area contributed by atoms with Crippen molar-refractivity contribution in [2.45, 2.75) is 45.4 Å². The van der Waals surface area contributed by atoms with Gasteiger partial charge in [-0.3, -0.25) is 14.4 Å². The first-order valence-corrected chi connectivity index (χ1v) is 9.21. The number of ketones is 2. The summed E-state index contributed by atoms with van der Waals surface area (Å²) in [6, 6.07) is 7.58. The van der Waals surface area contributed by atoms with E-state index in [1.807, 2.05) is 24.3 Å². The molecule has 5 nitrogen and oxygen atoms in total. The van der Waals surface area contributed by atoms with Crippen LogP contribution in [-0.4, -0.2) is 31.1 Å². The van der Waals surface area contributed by atoms with E-state index in [1.54, 1.807) is 27.9 Å². The quantitative estimate of drug-likeness (QED) is 0.785. The van der Waals surface area contributed by atoms with Crippen molar-refractivity contribution in [1.29, 1.82) is 0 Å². The average Bonchev–Trinajstić information content (AvgIpc) is 3.49.